The number of amides is 2. The minimum Gasteiger partial charge on any atom is -0.307 e. The first kappa shape index (κ1) is 19.7. The van der Waals surface area contributed by atoms with Crippen LogP contribution in [0.2, 0.25) is 0 Å². The molecule has 7 rings (SSSR count). The average molecular weight is 479 g/mol. The molecular weight excluding hydrogens is 459 g/mol. The fourth-order valence-electron chi connectivity index (χ4n) is 6.89. The van der Waals surface area contributed by atoms with Gasteiger partial charge in [-0.2, -0.15) is 0 Å². The third-order valence-electron chi connectivity index (χ3n) is 7.97. The fourth-order valence-corrected chi connectivity index (χ4v) is 9.78. The Morgan fingerprint density at radius 3 is 2.33 bits per heavy atom. The molecule has 1 saturated heterocycles. The molecule has 2 amide bonds. The van der Waals surface area contributed by atoms with Crippen molar-refractivity contribution >= 4 is 40.6 Å². The van der Waals surface area contributed by atoms with Crippen LogP contribution >= 0.6 is 23.1 Å². The van der Waals surface area contributed by atoms with Crippen molar-refractivity contribution in [2.75, 3.05) is 4.90 Å². The van der Waals surface area contributed by atoms with Crippen molar-refractivity contribution in [3.8, 4) is 0 Å². The van der Waals surface area contributed by atoms with Crippen LogP contribution in [0.3, 0.4) is 0 Å². The molecule has 0 spiro atoms. The van der Waals surface area contributed by atoms with Crippen molar-refractivity contribution in [3.63, 3.8) is 0 Å². The highest BCUT2D eigenvalue weighted by molar-refractivity contribution is 8.00. The van der Waals surface area contributed by atoms with Crippen LogP contribution in [0.15, 0.2) is 64.4 Å². The van der Waals surface area contributed by atoms with E-state index in [9.17, 15) is 18.8 Å². The van der Waals surface area contributed by atoms with Crippen LogP contribution in [-0.4, -0.2) is 22.0 Å². The molecule has 2 bridgehead atoms. The summed E-state index contributed by atoms with van der Waals surface area (Å²) in [5.74, 6) is -0.946. The Labute approximate surface area is 197 Å². The third-order valence-corrected chi connectivity index (χ3v) is 10.6. The van der Waals surface area contributed by atoms with Crippen LogP contribution in [0.4, 0.5) is 10.1 Å². The van der Waals surface area contributed by atoms with Gasteiger partial charge < -0.3 is 4.98 Å². The van der Waals surface area contributed by atoms with Crippen molar-refractivity contribution in [1.82, 2.24) is 4.98 Å². The molecule has 2 saturated carbocycles. The standard InChI is InChI=1S/C25H19FN2O3S2/c26-12-8-6-11(7-9-12)16-17-14-10-15(20(17)32-22-21(16)33-25(31)27-22)19-18(14)23(29)28(24(19)30)13-4-2-1-3-5-13/h1-9,14-20H,10H2,(H,27,31)/t14-,15-,16+,17-,18+,19-,20-/m1/s1. The van der Waals surface area contributed by atoms with E-state index >= 15 is 0 Å². The van der Waals surface area contributed by atoms with Gasteiger partial charge in [0.05, 0.1) is 22.5 Å². The van der Waals surface area contributed by atoms with E-state index in [1.165, 1.54) is 28.4 Å². The van der Waals surface area contributed by atoms with Crippen LogP contribution < -0.4 is 9.77 Å². The highest BCUT2D eigenvalue weighted by Crippen LogP contribution is 2.68. The normalized spacial score (nSPS) is 33.8. The maximum atomic E-state index is 13.7. The Morgan fingerprint density at radius 1 is 0.909 bits per heavy atom. The quantitative estimate of drug-likeness (QED) is 0.559. The average Bonchev–Trinajstić information content (AvgIpc) is 3.54. The molecule has 1 N–H and O–H groups in total. The molecule has 2 aliphatic heterocycles. The molecule has 3 heterocycles. The highest BCUT2D eigenvalue weighted by atomic mass is 32.2. The van der Waals surface area contributed by atoms with E-state index in [0.717, 1.165) is 21.9 Å². The number of H-pyrrole nitrogens is 1. The number of rotatable bonds is 2. The predicted molar refractivity (Wildman–Crippen MR) is 124 cm³/mol. The van der Waals surface area contributed by atoms with Gasteiger partial charge in [0.1, 0.15) is 5.82 Å². The number of hydrogen-bond donors (Lipinski definition) is 1. The Bertz CT molecular complexity index is 1350. The number of fused-ring (bicyclic) bond motifs is 9. The Hall–Kier alpha value is -2.71. The molecule has 7 atom stereocenters. The van der Waals surface area contributed by atoms with Gasteiger partial charge in [-0.3, -0.25) is 19.3 Å². The first-order valence-corrected chi connectivity index (χ1v) is 12.8. The zero-order valence-electron chi connectivity index (χ0n) is 17.3. The SMILES string of the molecule is O=C1[C@@H]2[C@H]3C[C@@H]([C@@H]2C(=O)N1c1ccccc1)[C@@H]1[C@H](c2ccc(F)cc2)c2sc(=O)[nH]c2S[C@H]31. The highest BCUT2D eigenvalue weighted by Gasteiger charge is 2.69. The summed E-state index contributed by atoms with van der Waals surface area (Å²) in [6.45, 7) is 0. The summed E-state index contributed by atoms with van der Waals surface area (Å²) in [4.78, 5) is 44.6. The topological polar surface area (TPSA) is 70.2 Å². The number of nitrogens with zero attached hydrogens (tertiary/aromatic N) is 1. The number of imide groups is 1. The van der Waals surface area contributed by atoms with E-state index in [-0.39, 0.29) is 63.3 Å². The maximum absolute atomic E-state index is 13.7. The lowest BCUT2D eigenvalue weighted by molar-refractivity contribution is -0.123. The van der Waals surface area contributed by atoms with Gasteiger partial charge in [0, 0.05) is 16.0 Å². The van der Waals surface area contributed by atoms with Crippen LogP contribution in [-0.2, 0) is 9.59 Å². The van der Waals surface area contributed by atoms with E-state index < -0.39 is 0 Å². The number of carbonyl (C=O) groups is 2. The predicted octanol–water partition coefficient (Wildman–Crippen LogP) is 4.25. The molecule has 3 aromatic rings. The molecule has 0 unspecified atom stereocenters. The van der Waals surface area contributed by atoms with E-state index in [4.69, 9.17) is 0 Å². The first-order valence-electron chi connectivity index (χ1n) is 11.1. The number of halogens is 1. The lowest BCUT2D eigenvalue weighted by atomic mass is 9.68. The smallest absolute Gasteiger partial charge is 0.305 e. The van der Waals surface area contributed by atoms with E-state index in [2.05, 4.69) is 4.98 Å². The van der Waals surface area contributed by atoms with E-state index in [1.807, 2.05) is 30.3 Å². The maximum Gasteiger partial charge on any atom is 0.305 e. The second-order valence-corrected chi connectivity index (χ2v) is 11.6. The van der Waals surface area contributed by atoms with E-state index in [1.54, 1.807) is 23.9 Å². The van der Waals surface area contributed by atoms with Gasteiger partial charge in [0.2, 0.25) is 11.8 Å². The number of thioether (sulfide) groups is 1. The summed E-state index contributed by atoms with van der Waals surface area (Å²) in [5.41, 5.74) is 1.60. The number of thiazole rings is 1. The molecule has 3 fully saturated rings. The number of aromatic amines is 1. The Morgan fingerprint density at radius 2 is 1.61 bits per heavy atom. The third kappa shape index (κ3) is 2.62. The summed E-state index contributed by atoms with van der Waals surface area (Å²) < 4.78 is 13.7. The number of para-hydroxylation sites is 1. The molecule has 2 aromatic carbocycles. The lowest BCUT2D eigenvalue weighted by Gasteiger charge is -2.43. The van der Waals surface area contributed by atoms with Crippen molar-refractivity contribution in [1.29, 1.82) is 0 Å². The number of carbonyl (C=O) groups excluding carboxylic acids is 2. The van der Waals surface area contributed by atoms with Crippen LogP contribution in [0.25, 0.3) is 0 Å². The summed E-state index contributed by atoms with van der Waals surface area (Å²) >= 11 is 2.87. The second kappa shape index (κ2) is 6.90. The number of aromatic nitrogens is 1. The minimum absolute atomic E-state index is 0.0584. The number of nitrogens with one attached hydrogen (secondary N) is 1. The summed E-state index contributed by atoms with van der Waals surface area (Å²) in [7, 11) is 0. The van der Waals surface area contributed by atoms with Crippen LogP contribution in [0.1, 0.15) is 22.8 Å². The van der Waals surface area contributed by atoms with Crippen LogP contribution in [0, 0.1) is 35.4 Å². The molecular formula is C25H19FN2O3S2. The van der Waals surface area contributed by atoms with Crippen molar-refractivity contribution in [3.05, 3.63) is 80.5 Å². The van der Waals surface area contributed by atoms with Gasteiger partial charge in [-0.15, -0.1) is 11.8 Å². The second-order valence-electron chi connectivity index (χ2n) is 9.36. The zero-order valence-corrected chi connectivity index (χ0v) is 18.9. The fraction of sp³-hybridized carbons (Fsp3) is 0.320. The molecule has 1 aromatic heterocycles. The number of hydrogen-bond acceptors (Lipinski definition) is 5. The molecule has 5 nitrogen and oxygen atoms in total. The van der Waals surface area contributed by atoms with E-state index in [0.29, 0.717) is 5.69 Å². The summed E-state index contributed by atoms with van der Waals surface area (Å²) in [5, 5.41) is 0.998. The van der Waals surface area contributed by atoms with Gasteiger partial charge in [-0.05, 0) is 54.0 Å². The summed E-state index contributed by atoms with van der Waals surface area (Å²) in [6, 6.07) is 15.7. The molecule has 0 radical (unpaired) electrons. The lowest BCUT2D eigenvalue weighted by Crippen LogP contribution is -2.42. The first-order chi connectivity index (χ1) is 16.0. The molecule has 2 aliphatic carbocycles. The monoisotopic (exact) mass is 478 g/mol. The molecule has 166 valence electrons. The number of benzene rings is 2. The number of anilines is 1. The van der Waals surface area contributed by atoms with Gasteiger partial charge in [0.15, 0.2) is 0 Å². The summed E-state index contributed by atoms with van der Waals surface area (Å²) in [6.07, 6.45) is 0.842. The molecule has 33 heavy (non-hydrogen) atoms. The van der Waals surface area contributed by atoms with Crippen molar-refractivity contribution < 1.29 is 14.0 Å². The van der Waals surface area contributed by atoms with Crippen molar-refractivity contribution in [2.24, 2.45) is 29.6 Å². The van der Waals surface area contributed by atoms with Gasteiger partial charge in [-0.25, -0.2) is 4.39 Å². The molecule has 4 aliphatic rings. The largest absolute Gasteiger partial charge is 0.307 e. The minimum atomic E-state index is -0.329. The Balaban J connectivity index is 1.34. The Kier molecular flexibility index (Phi) is 4.13. The zero-order chi connectivity index (χ0) is 22.4. The van der Waals surface area contributed by atoms with Gasteiger partial charge in [0.25, 0.3) is 0 Å². The van der Waals surface area contributed by atoms with Gasteiger partial charge in [-0.1, -0.05) is 41.7 Å². The molecule has 8 heteroatoms. The van der Waals surface area contributed by atoms with Gasteiger partial charge >= 0.3 is 4.87 Å². The van der Waals surface area contributed by atoms with Crippen molar-refractivity contribution in [2.45, 2.75) is 22.6 Å². The van der Waals surface area contributed by atoms with Crippen LogP contribution in [0.5, 0.6) is 0 Å².